The summed E-state index contributed by atoms with van der Waals surface area (Å²) in [5.74, 6) is -0.0843. The number of hydrogen-bond donors (Lipinski definition) is 2. The molecule has 0 aliphatic rings. The molecule has 0 fully saturated rings. The van der Waals surface area contributed by atoms with Gasteiger partial charge in [-0.1, -0.05) is 0 Å². The summed E-state index contributed by atoms with van der Waals surface area (Å²) >= 11 is 0. The first kappa shape index (κ1) is 10.4. The molecule has 0 aromatic carbocycles. The van der Waals surface area contributed by atoms with E-state index in [0.29, 0.717) is 0 Å². The van der Waals surface area contributed by atoms with Crippen LogP contribution in [-0.2, 0) is 9.53 Å². The van der Waals surface area contributed by atoms with Crippen molar-refractivity contribution in [2.75, 3.05) is 14.2 Å². The van der Waals surface area contributed by atoms with Crippen molar-refractivity contribution in [3.05, 3.63) is 0 Å². The first-order chi connectivity index (χ1) is 5.11. The van der Waals surface area contributed by atoms with Gasteiger partial charge in [0, 0.05) is 20.1 Å². The van der Waals surface area contributed by atoms with Crippen LogP contribution in [0.4, 0.5) is 0 Å². The molecule has 2 atom stereocenters. The number of amides is 1. The Kier molecular flexibility index (Phi) is 4.81. The molecule has 0 radical (unpaired) electrons. The zero-order valence-electron chi connectivity index (χ0n) is 7.47. The molecule has 0 bridgehead atoms. The summed E-state index contributed by atoms with van der Waals surface area (Å²) in [6.45, 7) is 3.40. The Morgan fingerprint density at radius 3 is 2.36 bits per heavy atom. The van der Waals surface area contributed by atoms with Crippen LogP contribution in [0.1, 0.15) is 13.8 Å². The van der Waals surface area contributed by atoms with E-state index in [0.717, 1.165) is 0 Å². The molecular formula is C7H16N2O2. The summed E-state index contributed by atoms with van der Waals surface area (Å²) in [4.78, 5) is 10.6. The lowest BCUT2D eigenvalue weighted by Gasteiger charge is -2.22. The predicted molar refractivity (Wildman–Crippen MR) is 43.1 cm³/mol. The maximum absolute atomic E-state index is 10.6. The fourth-order valence-electron chi connectivity index (χ4n) is 0.740. The van der Waals surface area contributed by atoms with E-state index in [9.17, 15) is 4.79 Å². The van der Waals surface area contributed by atoms with E-state index in [1.165, 1.54) is 6.92 Å². The molecule has 11 heavy (non-hydrogen) atoms. The number of carbonyl (C=O) groups excluding carboxylic acids is 1. The lowest BCUT2D eigenvalue weighted by molar-refractivity contribution is -0.123. The van der Waals surface area contributed by atoms with Gasteiger partial charge in [0.2, 0.25) is 5.91 Å². The van der Waals surface area contributed by atoms with Gasteiger partial charge in [-0.2, -0.15) is 0 Å². The van der Waals surface area contributed by atoms with E-state index in [1.54, 1.807) is 7.11 Å². The van der Waals surface area contributed by atoms with Gasteiger partial charge < -0.3 is 15.4 Å². The fraction of sp³-hybridized carbons (Fsp3) is 0.857. The first-order valence-corrected chi connectivity index (χ1v) is 3.59. The van der Waals surface area contributed by atoms with Crippen molar-refractivity contribution in [3.63, 3.8) is 0 Å². The van der Waals surface area contributed by atoms with E-state index in [-0.39, 0.29) is 18.2 Å². The predicted octanol–water partition coefficient (Wildman–Crippen LogP) is -0.297. The number of ether oxygens (including phenoxy) is 1. The third-order valence-electron chi connectivity index (χ3n) is 1.51. The van der Waals surface area contributed by atoms with E-state index in [4.69, 9.17) is 4.74 Å². The van der Waals surface area contributed by atoms with Gasteiger partial charge in [0.15, 0.2) is 0 Å². The molecular weight excluding hydrogens is 144 g/mol. The molecule has 0 rings (SSSR count). The average molecular weight is 160 g/mol. The maximum atomic E-state index is 10.6. The van der Waals surface area contributed by atoms with Gasteiger partial charge in [0.1, 0.15) is 6.23 Å². The minimum atomic E-state index is -0.252. The standard InChI is InChI=1S/C7H16N2O2/c1-5(8-3)7(11-4)9-6(2)10/h5,7-8H,1-4H3,(H,9,10). The zero-order chi connectivity index (χ0) is 8.85. The highest BCUT2D eigenvalue weighted by atomic mass is 16.5. The molecule has 0 aliphatic carbocycles. The van der Waals surface area contributed by atoms with Gasteiger partial charge >= 0.3 is 0 Å². The van der Waals surface area contributed by atoms with Crippen LogP contribution in [0.3, 0.4) is 0 Å². The Bertz CT molecular complexity index is 128. The van der Waals surface area contributed by atoms with E-state index >= 15 is 0 Å². The number of likely N-dealkylation sites (N-methyl/N-ethyl adjacent to an activating group) is 1. The van der Waals surface area contributed by atoms with Crippen molar-refractivity contribution < 1.29 is 9.53 Å². The number of carbonyl (C=O) groups is 1. The van der Waals surface area contributed by atoms with Crippen LogP contribution in [0.2, 0.25) is 0 Å². The first-order valence-electron chi connectivity index (χ1n) is 3.59. The molecule has 4 nitrogen and oxygen atoms in total. The fourth-order valence-corrected chi connectivity index (χ4v) is 0.740. The van der Waals surface area contributed by atoms with Crippen LogP contribution in [0.5, 0.6) is 0 Å². The highest BCUT2D eigenvalue weighted by Gasteiger charge is 2.14. The molecule has 2 unspecified atom stereocenters. The lowest BCUT2D eigenvalue weighted by atomic mass is 10.3. The second kappa shape index (κ2) is 5.09. The largest absolute Gasteiger partial charge is 0.360 e. The Labute approximate surface area is 67.3 Å². The Morgan fingerprint density at radius 2 is 2.09 bits per heavy atom. The molecule has 0 spiro atoms. The molecule has 0 aromatic heterocycles. The van der Waals surface area contributed by atoms with Crippen LogP contribution in [-0.4, -0.2) is 32.3 Å². The van der Waals surface area contributed by atoms with Crippen molar-refractivity contribution >= 4 is 5.91 Å². The number of nitrogens with one attached hydrogen (secondary N) is 2. The maximum Gasteiger partial charge on any atom is 0.218 e. The summed E-state index contributed by atoms with van der Waals surface area (Å²) in [5, 5.41) is 5.64. The SMILES string of the molecule is CNC(C)C(NC(C)=O)OC. The zero-order valence-corrected chi connectivity index (χ0v) is 7.47. The minimum Gasteiger partial charge on any atom is -0.360 e. The molecule has 66 valence electrons. The van der Waals surface area contributed by atoms with Crippen LogP contribution < -0.4 is 10.6 Å². The minimum absolute atomic E-state index is 0.0843. The molecule has 0 aromatic rings. The molecule has 0 aliphatic heterocycles. The van der Waals surface area contributed by atoms with Crippen molar-refractivity contribution in [3.8, 4) is 0 Å². The van der Waals surface area contributed by atoms with Gasteiger partial charge in [-0.25, -0.2) is 0 Å². The lowest BCUT2D eigenvalue weighted by Crippen LogP contribution is -2.47. The summed E-state index contributed by atoms with van der Waals surface area (Å²) in [5.41, 5.74) is 0. The second-order valence-electron chi connectivity index (χ2n) is 2.43. The van der Waals surface area contributed by atoms with Crippen molar-refractivity contribution in [2.24, 2.45) is 0 Å². The smallest absolute Gasteiger partial charge is 0.218 e. The summed E-state index contributed by atoms with van der Waals surface area (Å²) in [6, 6.07) is 0.115. The average Bonchev–Trinajstić information content (AvgIpc) is 1.98. The van der Waals surface area contributed by atoms with E-state index in [1.807, 2.05) is 14.0 Å². The third-order valence-corrected chi connectivity index (χ3v) is 1.51. The molecule has 0 saturated carbocycles. The van der Waals surface area contributed by atoms with Crippen LogP contribution in [0, 0.1) is 0 Å². The molecule has 1 amide bonds. The van der Waals surface area contributed by atoms with Crippen LogP contribution in [0.25, 0.3) is 0 Å². The van der Waals surface area contributed by atoms with Gasteiger partial charge in [0.05, 0.1) is 0 Å². The van der Waals surface area contributed by atoms with Crippen molar-refractivity contribution in [2.45, 2.75) is 26.1 Å². The van der Waals surface area contributed by atoms with Crippen molar-refractivity contribution in [1.29, 1.82) is 0 Å². The molecule has 4 heteroatoms. The second-order valence-corrected chi connectivity index (χ2v) is 2.43. The third kappa shape index (κ3) is 3.95. The molecule has 0 saturated heterocycles. The van der Waals surface area contributed by atoms with Gasteiger partial charge in [-0.05, 0) is 14.0 Å². The van der Waals surface area contributed by atoms with Crippen LogP contribution >= 0.6 is 0 Å². The molecule has 2 N–H and O–H groups in total. The van der Waals surface area contributed by atoms with Gasteiger partial charge in [-0.3, -0.25) is 4.79 Å². The van der Waals surface area contributed by atoms with E-state index in [2.05, 4.69) is 10.6 Å². The number of rotatable bonds is 4. The highest BCUT2D eigenvalue weighted by molar-refractivity contribution is 5.73. The van der Waals surface area contributed by atoms with Gasteiger partial charge in [0.25, 0.3) is 0 Å². The Hall–Kier alpha value is -0.610. The van der Waals surface area contributed by atoms with E-state index < -0.39 is 0 Å². The number of hydrogen-bond acceptors (Lipinski definition) is 3. The Morgan fingerprint density at radius 1 is 1.55 bits per heavy atom. The topological polar surface area (TPSA) is 50.4 Å². The Balaban J connectivity index is 3.84. The van der Waals surface area contributed by atoms with Crippen molar-refractivity contribution in [1.82, 2.24) is 10.6 Å². The monoisotopic (exact) mass is 160 g/mol. The quantitative estimate of drug-likeness (QED) is 0.555. The molecule has 0 heterocycles. The van der Waals surface area contributed by atoms with Gasteiger partial charge in [-0.15, -0.1) is 0 Å². The number of methoxy groups -OCH3 is 1. The highest BCUT2D eigenvalue weighted by Crippen LogP contribution is 1.92. The summed E-state index contributed by atoms with van der Waals surface area (Å²) < 4.78 is 5.02. The van der Waals surface area contributed by atoms with Crippen LogP contribution in [0.15, 0.2) is 0 Å². The summed E-state index contributed by atoms with van der Waals surface area (Å²) in [6.07, 6.45) is -0.252. The summed E-state index contributed by atoms with van der Waals surface area (Å²) in [7, 11) is 3.38. The normalized spacial score (nSPS) is 15.6.